The van der Waals surface area contributed by atoms with Crippen LogP contribution in [-0.2, 0) is 0 Å². The van der Waals surface area contributed by atoms with Crippen LogP contribution < -0.4 is 0 Å². The maximum atomic E-state index is 7.10. The summed E-state index contributed by atoms with van der Waals surface area (Å²) >= 11 is 0. The summed E-state index contributed by atoms with van der Waals surface area (Å²) in [6.07, 6.45) is 0. The molecule has 3 heteroatoms. The quantitative estimate of drug-likeness (QED) is 0.391. The van der Waals surface area contributed by atoms with Crippen molar-refractivity contribution in [1.29, 1.82) is 5.26 Å². The molecule has 2 nitrogen and oxygen atoms in total. The highest BCUT2D eigenvalue weighted by Crippen LogP contribution is 1.47. The molecule has 0 rings (SSSR count). The van der Waals surface area contributed by atoms with Crippen molar-refractivity contribution in [3.8, 4) is 5.97 Å². The Kier molecular flexibility index (Phi) is 12.6. The largest absolute Gasteiger partial charge is 0.312 e. The van der Waals surface area contributed by atoms with Crippen LogP contribution in [-0.4, -0.2) is 33.9 Å². The molecular formula is C4H9BN2. The third-order valence-electron chi connectivity index (χ3n) is 0. The fourth-order valence-electron chi connectivity index (χ4n) is 0. The minimum Gasteiger partial charge on any atom is -0.312 e. The average molecular weight is 95.9 g/mol. The van der Waals surface area contributed by atoms with E-state index in [2.05, 4.69) is 7.85 Å². The first kappa shape index (κ1) is 9.72. The van der Waals surface area contributed by atoms with Gasteiger partial charge in [-0.25, -0.2) is 5.26 Å². The first-order valence-electron chi connectivity index (χ1n) is 1.85. The monoisotopic (exact) mass is 96.1 g/mol. The minimum atomic E-state index is 1.25. The van der Waals surface area contributed by atoms with Crippen molar-refractivity contribution in [2.75, 3.05) is 21.1 Å². The van der Waals surface area contributed by atoms with Crippen LogP contribution in [0, 0.1) is 11.2 Å². The molecule has 0 heterocycles. The van der Waals surface area contributed by atoms with Crippen molar-refractivity contribution < 1.29 is 0 Å². The van der Waals surface area contributed by atoms with Crippen LogP contribution in [0.3, 0.4) is 0 Å². The summed E-state index contributed by atoms with van der Waals surface area (Å²) in [5.41, 5.74) is 0. The first-order valence-corrected chi connectivity index (χ1v) is 1.85. The van der Waals surface area contributed by atoms with Crippen LogP contribution in [0.25, 0.3) is 0 Å². The smallest absolute Gasteiger partial charge is 0.229 e. The molecule has 0 fully saturated rings. The van der Waals surface area contributed by atoms with Gasteiger partial charge in [0, 0.05) is 0 Å². The first-order chi connectivity index (χ1) is 3.15. The molecule has 0 amide bonds. The Bertz CT molecular complexity index is 52.4. The highest BCUT2D eigenvalue weighted by molar-refractivity contribution is 6.20. The third kappa shape index (κ3) is 290. The SMILES string of the molecule is CN(C)C.[B]C#N. The number of hydrogen-bond acceptors (Lipinski definition) is 2. The maximum absolute atomic E-state index is 7.10. The van der Waals surface area contributed by atoms with E-state index in [1.807, 2.05) is 26.0 Å². The van der Waals surface area contributed by atoms with Crippen molar-refractivity contribution >= 4 is 7.85 Å². The van der Waals surface area contributed by atoms with E-state index in [1.54, 1.807) is 0 Å². The van der Waals surface area contributed by atoms with Crippen LogP contribution in [0.4, 0.5) is 0 Å². The lowest BCUT2D eigenvalue weighted by atomic mass is 10.2. The van der Waals surface area contributed by atoms with Crippen LogP contribution in [0.5, 0.6) is 0 Å². The lowest BCUT2D eigenvalue weighted by Crippen LogP contribution is -1.99. The number of hydrogen-bond donors (Lipinski definition) is 0. The molecule has 0 spiro atoms. The van der Waals surface area contributed by atoms with Crippen molar-refractivity contribution in [3.05, 3.63) is 0 Å². The lowest BCUT2D eigenvalue weighted by molar-refractivity contribution is 0.505. The lowest BCUT2D eigenvalue weighted by Gasteiger charge is -1.90. The van der Waals surface area contributed by atoms with Gasteiger partial charge in [-0.05, 0) is 27.1 Å². The molecule has 0 aromatic rings. The van der Waals surface area contributed by atoms with E-state index in [1.165, 1.54) is 5.97 Å². The number of rotatable bonds is 0. The second-order valence-corrected chi connectivity index (χ2v) is 1.47. The summed E-state index contributed by atoms with van der Waals surface area (Å²) in [7, 11) is 10.2. The Balaban J connectivity index is 0. The Morgan fingerprint density at radius 1 is 1.43 bits per heavy atom. The fraction of sp³-hybridized carbons (Fsp3) is 0.750. The van der Waals surface area contributed by atoms with Gasteiger partial charge in [-0.15, -0.1) is 0 Å². The topological polar surface area (TPSA) is 27.0 Å². The van der Waals surface area contributed by atoms with Crippen LogP contribution >= 0.6 is 0 Å². The van der Waals surface area contributed by atoms with Gasteiger partial charge in [-0.3, -0.25) is 0 Å². The predicted octanol–water partition coefficient (Wildman–Crippen LogP) is -0.186. The molecule has 0 aliphatic rings. The Morgan fingerprint density at radius 2 is 1.43 bits per heavy atom. The zero-order chi connectivity index (χ0) is 6.28. The minimum absolute atomic E-state index is 1.25. The van der Waals surface area contributed by atoms with Gasteiger partial charge in [-0.1, -0.05) is 0 Å². The molecule has 2 radical (unpaired) electrons. The highest BCUT2D eigenvalue weighted by Gasteiger charge is 1.58. The van der Waals surface area contributed by atoms with Gasteiger partial charge in [0.1, 0.15) is 0 Å². The third-order valence-corrected chi connectivity index (χ3v) is 0. The molecule has 0 unspecified atom stereocenters. The molecule has 0 aliphatic carbocycles. The summed E-state index contributed by atoms with van der Waals surface area (Å²) in [6.45, 7) is 0. The molecule has 0 aromatic carbocycles. The molecule has 0 N–H and O–H groups in total. The zero-order valence-electron chi connectivity index (χ0n) is 4.97. The molecule has 0 aliphatic heterocycles. The van der Waals surface area contributed by atoms with E-state index < -0.39 is 0 Å². The van der Waals surface area contributed by atoms with Crippen molar-refractivity contribution in [2.45, 2.75) is 0 Å². The second-order valence-electron chi connectivity index (χ2n) is 1.47. The molecule has 0 atom stereocenters. The van der Waals surface area contributed by atoms with Gasteiger partial charge < -0.3 is 4.90 Å². The van der Waals surface area contributed by atoms with E-state index in [0.717, 1.165) is 0 Å². The van der Waals surface area contributed by atoms with Crippen LogP contribution in [0.1, 0.15) is 0 Å². The van der Waals surface area contributed by atoms with Crippen LogP contribution in [0.15, 0.2) is 0 Å². The van der Waals surface area contributed by atoms with E-state index in [-0.39, 0.29) is 0 Å². The summed E-state index contributed by atoms with van der Waals surface area (Å²) in [4.78, 5) is 2.00. The van der Waals surface area contributed by atoms with Gasteiger partial charge in [0.05, 0.1) is 0 Å². The van der Waals surface area contributed by atoms with Gasteiger partial charge in [-0.2, -0.15) is 0 Å². The number of nitriles is 1. The Hall–Kier alpha value is -0.485. The highest BCUT2D eigenvalue weighted by atomic mass is 15.0. The summed E-state index contributed by atoms with van der Waals surface area (Å²) < 4.78 is 0. The molecule has 7 heavy (non-hydrogen) atoms. The molecular weight excluding hydrogens is 86.9 g/mol. The second kappa shape index (κ2) is 9.10. The van der Waals surface area contributed by atoms with Crippen LogP contribution in [0.2, 0.25) is 0 Å². The normalized spacial score (nSPS) is 6.14. The Morgan fingerprint density at radius 3 is 1.43 bits per heavy atom. The van der Waals surface area contributed by atoms with E-state index in [0.29, 0.717) is 0 Å². The molecule has 0 saturated heterocycles. The number of nitrogens with zero attached hydrogens (tertiary/aromatic N) is 2. The van der Waals surface area contributed by atoms with E-state index >= 15 is 0 Å². The summed E-state index contributed by atoms with van der Waals surface area (Å²) in [6, 6.07) is 0. The zero-order valence-corrected chi connectivity index (χ0v) is 4.97. The standard InChI is InChI=1S/C3H9N.CBN/c1-4(2)3;2-1-3/h1-3H3;. The van der Waals surface area contributed by atoms with Crippen molar-refractivity contribution in [3.63, 3.8) is 0 Å². The average Bonchev–Trinajstić information content (AvgIpc) is 1.33. The van der Waals surface area contributed by atoms with E-state index in [9.17, 15) is 0 Å². The molecule has 0 bridgehead atoms. The van der Waals surface area contributed by atoms with Gasteiger partial charge in [0.15, 0.2) is 0 Å². The molecule has 0 aromatic heterocycles. The fourth-order valence-corrected chi connectivity index (χ4v) is 0. The van der Waals surface area contributed by atoms with Crippen molar-refractivity contribution in [2.24, 2.45) is 0 Å². The van der Waals surface area contributed by atoms with Crippen molar-refractivity contribution in [1.82, 2.24) is 4.90 Å². The summed E-state index contributed by atoms with van der Waals surface area (Å²) in [5, 5.41) is 7.10. The molecule has 38 valence electrons. The summed E-state index contributed by atoms with van der Waals surface area (Å²) in [5.74, 6) is 1.25. The predicted molar refractivity (Wildman–Crippen MR) is 31.0 cm³/mol. The van der Waals surface area contributed by atoms with Gasteiger partial charge in [0.25, 0.3) is 0 Å². The van der Waals surface area contributed by atoms with Gasteiger partial charge >= 0.3 is 0 Å². The molecule has 0 saturated carbocycles. The maximum Gasteiger partial charge on any atom is 0.229 e. The van der Waals surface area contributed by atoms with Gasteiger partial charge in [0.2, 0.25) is 7.85 Å². The van der Waals surface area contributed by atoms with E-state index in [4.69, 9.17) is 5.26 Å². The Labute approximate surface area is 46.1 Å².